The van der Waals surface area contributed by atoms with Gasteiger partial charge in [-0.25, -0.2) is 4.79 Å². The molecule has 1 amide bonds. The average molecular weight is 320 g/mol. The molecular weight excluding hydrogens is 306 g/mol. The molecule has 0 spiro atoms. The Labute approximate surface area is 111 Å². The molecule has 0 atom stereocenters. The van der Waals surface area contributed by atoms with Crippen LogP contribution in [0.15, 0.2) is 20.3 Å². The fourth-order valence-electron chi connectivity index (χ4n) is 1.26. The summed E-state index contributed by atoms with van der Waals surface area (Å²) in [4.78, 5) is 36.1. The topological polar surface area (TPSA) is 93.2 Å². The van der Waals surface area contributed by atoms with Crippen molar-refractivity contribution in [2.45, 2.75) is 13.0 Å². The molecule has 1 aromatic rings. The van der Waals surface area contributed by atoms with Crippen LogP contribution in [0.4, 0.5) is 0 Å². The zero-order valence-corrected chi connectivity index (χ0v) is 11.4. The molecule has 1 rings (SSSR count). The predicted octanol–water partition coefficient (Wildman–Crippen LogP) is -0.548. The van der Waals surface area contributed by atoms with Crippen LogP contribution in [0.25, 0.3) is 0 Å². The zero-order chi connectivity index (χ0) is 13.5. The van der Waals surface area contributed by atoms with Gasteiger partial charge < -0.3 is 10.1 Å². The summed E-state index contributed by atoms with van der Waals surface area (Å²) in [6, 6.07) is 0. The van der Waals surface area contributed by atoms with Gasteiger partial charge in [-0.05, 0) is 22.4 Å². The standard InChI is InChI=1S/C10H14BrN3O4/c1-18-4-2-3-12-8(15)6-14-5-7(11)9(16)13-10(14)17/h5H,2-4,6H2,1H3,(H,12,15)(H,13,16,17). The molecule has 18 heavy (non-hydrogen) atoms. The predicted molar refractivity (Wildman–Crippen MR) is 68.5 cm³/mol. The second-order valence-corrected chi connectivity index (χ2v) is 4.41. The number of carbonyl (C=O) groups excluding carboxylic acids is 1. The van der Waals surface area contributed by atoms with E-state index < -0.39 is 11.2 Å². The Morgan fingerprint density at radius 2 is 2.28 bits per heavy atom. The molecule has 8 heteroatoms. The van der Waals surface area contributed by atoms with Crippen LogP contribution in [-0.2, 0) is 16.1 Å². The van der Waals surface area contributed by atoms with Gasteiger partial charge in [-0.3, -0.25) is 19.1 Å². The molecule has 0 aliphatic rings. The molecule has 0 fully saturated rings. The van der Waals surface area contributed by atoms with Crippen molar-refractivity contribution in [1.82, 2.24) is 14.9 Å². The summed E-state index contributed by atoms with van der Waals surface area (Å²) in [5.41, 5.74) is -1.13. The lowest BCUT2D eigenvalue weighted by Crippen LogP contribution is -2.36. The fourth-order valence-corrected chi connectivity index (χ4v) is 1.60. The van der Waals surface area contributed by atoms with Crippen LogP contribution in [0.3, 0.4) is 0 Å². The van der Waals surface area contributed by atoms with Gasteiger partial charge in [-0.2, -0.15) is 0 Å². The lowest BCUT2D eigenvalue weighted by Gasteiger charge is -2.06. The van der Waals surface area contributed by atoms with E-state index in [2.05, 4.69) is 26.2 Å². The van der Waals surface area contributed by atoms with E-state index in [9.17, 15) is 14.4 Å². The fraction of sp³-hybridized carbons (Fsp3) is 0.500. The van der Waals surface area contributed by atoms with Crippen LogP contribution in [0.1, 0.15) is 6.42 Å². The number of ether oxygens (including phenoxy) is 1. The smallest absolute Gasteiger partial charge is 0.328 e. The van der Waals surface area contributed by atoms with Crippen molar-refractivity contribution in [3.8, 4) is 0 Å². The highest BCUT2D eigenvalue weighted by atomic mass is 79.9. The first-order valence-corrected chi connectivity index (χ1v) is 6.09. The number of methoxy groups -OCH3 is 1. The number of aromatic amines is 1. The van der Waals surface area contributed by atoms with Gasteiger partial charge in [0.1, 0.15) is 6.54 Å². The summed E-state index contributed by atoms with van der Waals surface area (Å²) in [7, 11) is 1.58. The lowest BCUT2D eigenvalue weighted by atomic mass is 10.4. The van der Waals surface area contributed by atoms with Crippen molar-refractivity contribution in [3.05, 3.63) is 31.5 Å². The summed E-state index contributed by atoms with van der Waals surface area (Å²) in [5.74, 6) is -0.299. The Morgan fingerprint density at radius 3 is 2.94 bits per heavy atom. The minimum atomic E-state index is -0.616. The van der Waals surface area contributed by atoms with E-state index in [-0.39, 0.29) is 16.9 Å². The minimum Gasteiger partial charge on any atom is -0.385 e. The Hall–Kier alpha value is -1.41. The van der Waals surface area contributed by atoms with Crippen molar-refractivity contribution in [1.29, 1.82) is 0 Å². The molecule has 0 radical (unpaired) electrons. The van der Waals surface area contributed by atoms with E-state index in [0.717, 1.165) is 4.57 Å². The number of amides is 1. The van der Waals surface area contributed by atoms with Crippen LogP contribution >= 0.6 is 15.9 Å². The molecule has 0 aromatic carbocycles. The molecule has 2 N–H and O–H groups in total. The maximum atomic E-state index is 11.5. The SMILES string of the molecule is COCCCNC(=O)Cn1cc(Br)c(=O)[nH]c1=O. The lowest BCUT2D eigenvalue weighted by molar-refractivity contribution is -0.121. The number of carbonyl (C=O) groups is 1. The number of nitrogens with zero attached hydrogens (tertiary/aromatic N) is 1. The Kier molecular flexibility index (Phi) is 5.79. The maximum Gasteiger partial charge on any atom is 0.328 e. The van der Waals surface area contributed by atoms with E-state index in [1.807, 2.05) is 0 Å². The van der Waals surface area contributed by atoms with Crippen molar-refractivity contribution in [3.63, 3.8) is 0 Å². The van der Waals surface area contributed by atoms with Gasteiger partial charge >= 0.3 is 5.69 Å². The monoisotopic (exact) mass is 319 g/mol. The number of H-pyrrole nitrogens is 1. The summed E-state index contributed by atoms with van der Waals surface area (Å²) < 4.78 is 6.16. The number of nitrogens with one attached hydrogen (secondary N) is 2. The summed E-state index contributed by atoms with van der Waals surface area (Å²) in [5, 5.41) is 2.64. The van der Waals surface area contributed by atoms with E-state index >= 15 is 0 Å². The molecular formula is C10H14BrN3O4. The largest absolute Gasteiger partial charge is 0.385 e. The van der Waals surface area contributed by atoms with Gasteiger partial charge in [0.05, 0.1) is 4.47 Å². The number of rotatable bonds is 6. The highest BCUT2D eigenvalue weighted by molar-refractivity contribution is 9.10. The van der Waals surface area contributed by atoms with Crippen LogP contribution in [0.5, 0.6) is 0 Å². The number of halogens is 1. The molecule has 100 valence electrons. The van der Waals surface area contributed by atoms with Gasteiger partial charge in [0.2, 0.25) is 5.91 Å². The third kappa shape index (κ3) is 4.46. The molecule has 1 aromatic heterocycles. The quantitative estimate of drug-likeness (QED) is 0.688. The molecule has 0 aliphatic carbocycles. The molecule has 0 saturated carbocycles. The second-order valence-electron chi connectivity index (χ2n) is 3.56. The highest BCUT2D eigenvalue weighted by Crippen LogP contribution is 1.97. The van der Waals surface area contributed by atoms with Crippen LogP contribution in [0, 0.1) is 0 Å². The van der Waals surface area contributed by atoms with Gasteiger partial charge in [-0.1, -0.05) is 0 Å². The third-order valence-electron chi connectivity index (χ3n) is 2.13. The molecule has 0 bridgehead atoms. The van der Waals surface area contributed by atoms with Crippen molar-refractivity contribution < 1.29 is 9.53 Å². The normalized spacial score (nSPS) is 10.3. The van der Waals surface area contributed by atoms with Crippen LogP contribution in [0.2, 0.25) is 0 Å². The van der Waals surface area contributed by atoms with Gasteiger partial charge in [-0.15, -0.1) is 0 Å². The van der Waals surface area contributed by atoms with Crippen LogP contribution in [-0.4, -0.2) is 35.7 Å². The summed E-state index contributed by atoms with van der Waals surface area (Å²) in [6.45, 7) is 0.900. The van der Waals surface area contributed by atoms with Gasteiger partial charge in [0.25, 0.3) is 5.56 Å². The first-order valence-electron chi connectivity index (χ1n) is 5.29. The second kappa shape index (κ2) is 7.12. The summed E-state index contributed by atoms with van der Waals surface area (Å²) in [6.07, 6.45) is 1.99. The maximum absolute atomic E-state index is 11.5. The van der Waals surface area contributed by atoms with E-state index in [0.29, 0.717) is 19.6 Å². The van der Waals surface area contributed by atoms with Gasteiger partial charge in [0, 0.05) is 26.5 Å². The van der Waals surface area contributed by atoms with Crippen molar-refractivity contribution >= 4 is 21.8 Å². The minimum absolute atomic E-state index is 0.138. The third-order valence-corrected chi connectivity index (χ3v) is 2.69. The highest BCUT2D eigenvalue weighted by Gasteiger charge is 2.06. The molecule has 1 heterocycles. The van der Waals surface area contributed by atoms with Crippen molar-refractivity contribution in [2.75, 3.05) is 20.3 Å². The van der Waals surface area contributed by atoms with E-state index in [1.165, 1.54) is 6.20 Å². The Bertz CT molecular complexity index is 523. The number of hydrogen-bond donors (Lipinski definition) is 2. The molecule has 7 nitrogen and oxygen atoms in total. The summed E-state index contributed by atoms with van der Waals surface area (Å²) >= 11 is 2.99. The number of hydrogen-bond acceptors (Lipinski definition) is 4. The first kappa shape index (κ1) is 14.7. The zero-order valence-electron chi connectivity index (χ0n) is 9.86. The molecule has 0 saturated heterocycles. The molecule has 0 unspecified atom stereocenters. The van der Waals surface area contributed by atoms with Gasteiger partial charge in [0.15, 0.2) is 0 Å². The Morgan fingerprint density at radius 1 is 1.56 bits per heavy atom. The first-order chi connectivity index (χ1) is 8.54. The van der Waals surface area contributed by atoms with Crippen LogP contribution < -0.4 is 16.6 Å². The molecule has 0 aliphatic heterocycles. The average Bonchev–Trinajstić information content (AvgIpc) is 2.32. The Balaban J connectivity index is 2.57. The number of aromatic nitrogens is 2. The van der Waals surface area contributed by atoms with Crippen molar-refractivity contribution in [2.24, 2.45) is 0 Å². The van der Waals surface area contributed by atoms with E-state index in [1.54, 1.807) is 7.11 Å². The van der Waals surface area contributed by atoms with E-state index in [4.69, 9.17) is 4.74 Å².